The molecule has 0 aromatic carbocycles. The molecule has 18 heavy (non-hydrogen) atoms. The Bertz CT molecular complexity index is 610. The highest BCUT2D eigenvalue weighted by atomic mass is 16.1. The van der Waals surface area contributed by atoms with Gasteiger partial charge in [-0.1, -0.05) is 0 Å². The van der Waals surface area contributed by atoms with Crippen LogP contribution >= 0.6 is 0 Å². The van der Waals surface area contributed by atoms with Gasteiger partial charge in [0, 0.05) is 37.7 Å². The fourth-order valence-corrected chi connectivity index (χ4v) is 2.22. The molecular weight excluding hydrogens is 232 g/mol. The molecule has 0 atom stereocenters. The lowest BCUT2D eigenvalue weighted by atomic mass is 10.1. The second-order valence-electron chi connectivity index (χ2n) is 4.33. The molecular formula is C12H12N4O2. The molecule has 1 fully saturated rings. The van der Waals surface area contributed by atoms with Crippen molar-refractivity contribution in [3.05, 3.63) is 24.2 Å². The molecule has 0 radical (unpaired) electrons. The van der Waals surface area contributed by atoms with Crippen molar-refractivity contribution in [3.63, 3.8) is 0 Å². The summed E-state index contributed by atoms with van der Waals surface area (Å²) in [5.41, 5.74) is 2.14. The first kappa shape index (κ1) is 10.9. The molecule has 6 nitrogen and oxygen atoms in total. The fourth-order valence-electron chi connectivity index (χ4n) is 2.22. The Morgan fingerprint density at radius 3 is 2.78 bits per heavy atom. The molecule has 1 saturated heterocycles. The van der Waals surface area contributed by atoms with Crippen LogP contribution in [-0.2, 0) is 4.79 Å². The number of Topliss-reactive ketones (excluding diaryl/α,β-unsaturated/α-hetero) is 1. The van der Waals surface area contributed by atoms with Gasteiger partial charge in [-0.15, -0.1) is 0 Å². The van der Waals surface area contributed by atoms with Gasteiger partial charge in [0.2, 0.25) is 0 Å². The van der Waals surface area contributed by atoms with Crippen molar-refractivity contribution in [2.45, 2.75) is 12.8 Å². The van der Waals surface area contributed by atoms with Crippen molar-refractivity contribution in [2.24, 2.45) is 0 Å². The van der Waals surface area contributed by atoms with Crippen LogP contribution < -0.4 is 4.90 Å². The van der Waals surface area contributed by atoms with Gasteiger partial charge in [-0.25, -0.2) is 9.50 Å². The number of fused-ring (bicyclic) bond motifs is 1. The van der Waals surface area contributed by atoms with Crippen LogP contribution in [0.4, 0.5) is 5.69 Å². The number of nitrogens with zero attached hydrogens (tertiary/aromatic N) is 4. The zero-order valence-electron chi connectivity index (χ0n) is 9.74. The molecule has 0 saturated carbocycles. The van der Waals surface area contributed by atoms with E-state index >= 15 is 0 Å². The summed E-state index contributed by atoms with van der Waals surface area (Å²) in [4.78, 5) is 28.5. The number of aromatic nitrogens is 3. The molecule has 0 bridgehead atoms. The predicted octanol–water partition coefficient (Wildman–Crippen LogP) is 0.711. The van der Waals surface area contributed by atoms with Crippen LogP contribution in [0, 0.1) is 0 Å². The molecule has 2 aromatic heterocycles. The highest BCUT2D eigenvalue weighted by Gasteiger charge is 2.19. The number of hydrogen-bond acceptors (Lipinski definition) is 5. The Labute approximate surface area is 103 Å². The van der Waals surface area contributed by atoms with Crippen LogP contribution in [0.3, 0.4) is 0 Å². The first-order valence-electron chi connectivity index (χ1n) is 5.83. The summed E-state index contributed by atoms with van der Waals surface area (Å²) < 4.78 is 1.59. The van der Waals surface area contributed by atoms with E-state index in [1.54, 1.807) is 16.8 Å². The largest absolute Gasteiger partial charge is 0.368 e. The predicted molar refractivity (Wildman–Crippen MR) is 64.8 cm³/mol. The number of aldehydes is 1. The SMILES string of the molecule is O=Cc1cc(N2CCC(=O)CC2)c2ncnn2c1. The van der Waals surface area contributed by atoms with E-state index in [1.165, 1.54) is 6.33 Å². The molecule has 3 heterocycles. The van der Waals surface area contributed by atoms with E-state index in [4.69, 9.17) is 0 Å². The minimum atomic E-state index is 0.287. The van der Waals surface area contributed by atoms with E-state index in [-0.39, 0.29) is 5.78 Å². The molecule has 1 aliphatic heterocycles. The Morgan fingerprint density at radius 1 is 1.28 bits per heavy atom. The van der Waals surface area contributed by atoms with Crippen molar-refractivity contribution in [2.75, 3.05) is 18.0 Å². The van der Waals surface area contributed by atoms with Gasteiger partial charge in [0.1, 0.15) is 12.1 Å². The topological polar surface area (TPSA) is 67.6 Å². The van der Waals surface area contributed by atoms with E-state index in [0.717, 1.165) is 17.6 Å². The van der Waals surface area contributed by atoms with E-state index < -0.39 is 0 Å². The van der Waals surface area contributed by atoms with Crippen LogP contribution in [0.5, 0.6) is 0 Å². The molecule has 3 rings (SSSR count). The Kier molecular flexibility index (Phi) is 2.55. The second-order valence-corrected chi connectivity index (χ2v) is 4.33. The summed E-state index contributed by atoms with van der Waals surface area (Å²) in [6.07, 6.45) is 4.99. The van der Waals surface area contributed by atoms with E-state index in [9.17, 15) is 9.59 Å². The molecule has 1 aliphatic rings. The van der Waals surface area contributed by atoms with Crippen molar-refractivity contribution in [1.82, 2.24) is 14.6 Å². The third-order valence-electron chi connectivity index (χ3n) is 3.17. The molecule has 0 N–H and O–H groups in total. The molecule has 0 spiro atoms. The smallest absolute Gasteiger partial charge is 0.178 e. The highest BCUT2D eigenvalue weighted by Crippen LogP contribution is 2.23. The number of pyridine rings is 1. The molecule has 0 unspecified atom stereocenters. The van der Waals surface area contributed by atoms with E-state index in [0.29, 0.717) is 31.5 Å². The minimum absolute atomic E-state index is 0.287. The lowest BCUT2D eigenvalue weighted by Gasteiger charge is -2.28. The van der Waals surface area contributed by atoms with E-state index in [2.05, 4.69) is 15.0 Å². The zero-order valence-corrected chi connectivity index (χ0v) is 9.74. The average Bonchev–Trinajstić information content (AvgIpc) is 2.86. The number of anilines is 1. The first-order chi connectivity index (χ1) is 8.78. The highest BCUT2D eigenvalue weighted by molar-refractivity contribution is 5.84. The Morgan fingerprint density at radius 2 is 2.06 bits per heavy atom. The number of piperidine rings is 1. The van der Waals surface area contributed by atoms with Crippen molar-refractivity contribution in [3.8, 4) is 0 Å². The molecule has 0 amide bonds. The molecule has 6 heteroatoms. The van der Waals surface area contributed by atoms with Crippen molar-refractivity contribution < 1.29 is 9.59 Å². The Balaban J connectivity index is 2.06. The van der Waals surface area contributed by atoms with Gasteiger partial charge in [-0.05, 0) is 6.07 Å². The third-order valence-corrected chi connectivity index (χ3v) is 3.17. The number of carbonyl (C=O) groups excluding carboxylic acids is 2. The average molecular weight is 244 g/mol. The maximum absolute atomic E-state index is 11.3. The Hall–Kier alpha value is -2.24. The molecule has 92 valence electrons. The standard InChI is InChI=1S/C12H12N4O2/c17-7-9-5-11(12-13-8-14-16(12)6-9)15-3-1-10(18)2-4-15/h5-8H,1-4H2. The van der Waals surface area contributed by atoms with Crippen molar-refractivity contribution in [1.29, 1.82) is 0 Å². The normalized spacial score (nSPS) is 16.2. The zero-order chi connectivity index (χ0) is 12.5. The quantitative estimate of drug-likeness (QED) is 0.728. The van der Waals surface area contributed by atoms with Crippen molar-refractivity contribution >= 4 is 23.4 Å². The van der Waals surface area contributed by atoms with Gasteiger partial charge in [0.25, 0.3) is 0 Å². The van der Waals surface area contributed by atoms with Gasteiger partial charge in [-0.2, -0.15) is 5.10 Å². The van der Waals surface area contributed by atoms with E-state index in [1.807, 2.05) is 0 Å². The third kappa shape index (κ3) is 1.75. The number of ketones is 1. The van der Waals surface area contributed by atoms with Crippen LogP contribution in [0.25, 0.3) is 5.65 Å². The second kappa shape index (κ2) is 4.21. The van der Waals surface area contributed by atoms with Crippen LogP contribution in [0.15, 0.2) is 18.6 Å². The summed E-state index contributed by atoms with van der Waals surface area (Å²) >= 11 is 0. The number of carbonyl (C=O) groups is 2. The summed E-state index contributed by atoms with van der Waals surface area (Å²) in [5.74, 6) is 0.287. The summed E-state index contributed by atoms with van der Waals surface area (Å²) in [6, 6.07) is 1.80. The van der Waals surface area contributed by atoms with Gasteiger partial charge >= 0.3 is 0 Å². The van der Waals surface area contributed by atoms with Gasteiger partial charge in [0.05, 0.1) is 5.69 Å². The summed E-state index contributed by atoms with van der Waals surface area (Å²) in [6.45, 7) is 1.34. The van der Waals surface area contributed by atoms with Gasteiger partial charge in [-0.3, -0.25) is 9.59 Å². The lowest BCUT2D eigenvalue weighted by molar-refractivity contribution is -0.119. The number of hydrogen-bond donors (Lipinski definition) is 0. The van der Waals surface area contributed by atoms with Crippen LogP contribution in [0.2, 0.25) is 0 Å². The van der Waals surface area contributed by atoms with Crippen LogP contribution in [0.1, 0.15) is 23.2 Å². The lowest BCUT2D eigenvalue weighted by Crippen LogP contribution is -2.34. The number of rotatable bonds is 2. The fraction of sp³-hybridized carbons (Fsp3) is 0.333. The van der Waals surface area contributed by atoms with Crippen LogP contribution in [-0.4, -0.2) is 39.8 Å². The minimum Gasteiger partial charge on any atom is -0.368 e. The maximum Gasteiger partial charge on any atom is 0.178 e. The summed E-state index contributed by atoms with van der Waals surface area (Å²) in [5, 5.41) is 4.05. The van der Waals surface area contributed by atoms with Gasteiger partial charge < -0.3 is 4.90 Å². The van der Waals surface area contributed by atoms with Gasteiger partial charge in [0.15, 0.2) is 11.9 Å². The monoisotopic (exact) mass is 244 g/mol. The molecule has 0 aliphatic carbocycles. The maximum atomic E-state index is 11.3. The first-order valence-corrected chi connectivity index (χ1v) is 5.83. The summed E-state index contributed by atoms with van der Waals surface area (Å²) in [7, 11) is 0. The molecule has 2 aromatic rings.